The average Bonchev–Trinajstić information content (AvgIpc) is 2.66. The number of hydrogen-bond acceptors (Lipinski definition) is 4. The molecule has 0 aliphatic carbocycles. The molecule has 6 nitrogen and oxygen atoms in total. The third kappa shape index (κ3) is 5.25. The minimum Gasteiger partial charge on any atom is -0.495 e. The zero-order chi connectivity index (χ0) is 20.7. The largest absolute Gasteiger partial charge is 0.495 e. The molecule has 0 aliphatic heterocycles. The lowest BCUT2D eigenvalue weighted by Crippen LogP contribution is -2.47. The van der Waals surface area contributed by atoms with Gasteiger partial charge in [0.15, 0.2) is 0 Å². The van der Waals surface area contributed by atoms with Crippen LogP contribution < -0.4 is 20.1 Å². The summed E-state index contributed by atoms with van der Waals surface area (Å²) in [6.07, 6.45) is 0. The van der Waals surface area contributed by atoms with Gasteiger partial charge in [0.1, 0.15) is 17.5 Å². The van der Waals surface area contributed by atoms with E-state index < -0.39 is 6.04 Å². The van der Waals surface area contributed by atoms with Gasteiger partial charge in [-0.25, -0.2) is 0 Å². The second kappa shape index (κ2) is 9.78. The van der Waals surface area contributed by atoms with Crippen LogP contribution in [0.3, 0.4) is 0 Å². The predicted octanol–water partition coefficient (Wildman–Crippen LogP) is 3.80. The maximum atomic E-state index is 12.9. The van der Waals surface area contributed by atoms with Crippen molar-refractivity contribution in [2.75, 3.05) is 19.0 Å². The van der Waals surface area contributed by atoms with Crippen LogP contribution in [0.5, 0.6) is 11.5 Å². The number of methoxy groups -OCH3 is 1. The van der Waals surface area contributed by atoms with Crippen LogP contribution in [0.15, 0.2) is 42.5 Å². The minimum atomic E-state index is -0.715. The number of anilines is 1. The Morgan fingerprint density at radius 3 is 2.43 bits per heavy atom. The van der Waals surface area contributed by atoms with Crippen molar-refractivity contribution in [3.8, 4) is 11.5 Å². The first kappa shape index (κ1) is 21.3. The summed E-state index contributed by atoms with van der Waals surface area (Å²) in [5.74, 6) is 0.287. The molecule has 0 aliphatic rings. The van der Waals surface area contributed by atoms with Gasteiger partial charge in [0, 0.05) is 0 Å². The Labute approximate surface area is 166 Å². The molecule has 1 atom stereocenters. The van der Waals surface area contributed by atoms with E-state index in [9.17, 15) is 9.59 Å². The molecule has 28 heavy (non-hydrogen) atoms. The highest BCUT2D eigenvalue weighted by atomic mass is 16.5. The molecule has 0 radical (unpaired) electrons. The summed E-state index contributed by atoms with van der Waals surface area (Å²) in [6.45, 7) is 8.00. The van der Waals surface area contributed by atoms with E-state index in [-0.39, 0.29) is 17.7 Å². The number of hydrogen-bond donors (Lipinski definition) is 2. The molecule has 2 rings (SSSR count). The van der Waals surface area contributed by atoms with E-state index in [0.29, 0.717) is 29.4 Å². The Bertz CT molecular complexity index is 833. The maximum Gasteiger partial charge on any atom is 0.255 e. The van der Waals surface area contributed by atoms with Gasteiger partial charge >= 0.3 is 0 Å². The molecule has 6 heteroatoms. The van der Waals surface area contributed by atoms with E-state index in [2.05, 4.69) is 10.6 Å². The van der Waals surface area contributed by atoms with Gasteiger partial charge in [-0.1, -0.05) is 32.0 Å². The first-order valence-corrected chi connectivity index (χ1v) is 9.35. The smallest absolute Gasteiger partial charge is 0.255 e. The highest BCUT2D eigenvalue weighted by Gasteiger charge is 2.26. The number of amides is 2. The second-order valence-electron chi connectivity index (χ2n) is 6.82. The van der Waals surface area contributed by atoms with Gasteiger partial charge in [0.2, 0.25) is 5.91 Å². The van der Waals surface area contributed by atoms with E-state index in [1.54, 1.807) is 37.4 Å². The molecule has 0 saturated carbocycles. The van der Waals surface area contributed by atoms with E-state index in [0.717, 1.165) is 5.56 Å². The Morgan fingerprint density at radius 2 is 1.79 bits per heavy atom. The number of para-hydroxylation sites is 1. The highest BCUT2D eigenvalue weighted by Crippen LogP contribution is 2.26. The average molecular weight is 384 g/mol. The second-order valence-corrected chi connectivity index (χ2v) is 6.82. The standard InChI is InChI=1S/C22H28N2O4/c1-6-28-18-10-8-7-9-16(18)21(25)24-20(14(2)3)22(26)23-17-13-15(4)11-12-19(17)27-5/h7-14,20H,6H2,1-5H3,(H,23,26)(H,24,25)/t20-/m0/s1. The van der Waals surface area contributed by atoms with E-state index in [1.165, 1.54) is 0 Å². The van der Waals surface area contributed by atoms with Crippen LogP contribution in [-0.4, -0.2) is 31.6 Å². The lowest BCUT2D eigenvalue weighted by atomic mass is 10.0. The summed E-state index contributed by atoms with van der Waals surface area (Å²) in [4.78, 5) is 25.7. The number of rotatable bonds is 8. The van der Waals surface area contributed by atoms with Crippen LogP contribution in [0.1, 0.15) is 36.7 Å². The SMILES string of the molecule is CCOc1ccccc1C(=O)N[C@H](C(=O)Nc1cc(C)ccc1OC)C(C)C. The first-order chi connectivity index (χ1) is 13.4. The Balaban J connectivity index is 2.21. The monoisotopic (exact) mass is 384 g/mol. The number of carbonyl (C=O) groups excluding carboxylic acids is 2. The Kier molecular flexibility index (Phi) is 7.44. The van der Waals surface area contributed by atoms with Crippen LogP contribution in [0.2, 0.25) is 0 Å². The molecule has 0 saturated heterocycles. The summed E-state index contributed by atoms with van der Waals surface area (Å²) in [7, 11) is 1.55. The molecular weight excluding hydrogens is 356 g/mol. The van der Waals surface area contributed by atoms with Crippen molar-refractivity contribution in [3.05, 3.63) is 53.6 Å². The van der Waals surface area contributed by atoms with Crippen LogP contribution in [0.4, 0.5) is 5.69 Å². The predicted molar refractivity (Wildman–Crippen MR) is 110 cm³/mol. The van der Waals surface area contributed by atoms with Crippen molar-refractivity contribution < 1.29 is 19.1 Å². The van der Waals surface area contributed by atoms with Crippen LogP contribution in [0, 0.1) is 12.8 Å². The van der Waals surface area contributed by atoms with Crippen molar-refractivity contribution in [3.63, 3.8) is 0 Å². The topological polar surface area (TPSA) is 76.7 Å². The van der Waals surface area contributed by atoms with Gasteiger partial charge < -0.3 is 20.1 Å². The van der Waals surface area contributed by atoms with Gasteiger partial charge in [0.25, 0.3) is 5.91 Å². The zero-order valence-electron chi connectivity index (χ0n) is 17.0. The molecule has 2 N–H and O–H groups in total. The Morgan fingerprint density at radius 1 is 1.07 bits per heavy atom. The zero-order valence-corrected chi connectivity index (χ0v) is 17.0. The molecule has 0 bridgehead atoms. The van der Waals surface area contributed by atoms with E-state index in [4.69, 9.17) is 9.47 Å². The number of nitrogens with one attached hydrogen (secondary N) is 2. The minimum absolute atomic E-state index is 0.112. The molecule has 0 spiro atoms. The maximum absolute atomic E-state index is 12.9. The lowest BCUT2D eigenvalue weighted by molar-refractivity contribution is -0.118. The molecule has 2 aromatic carbocycles. The quantitative estimate of drug-likeness (QED) is 0.726. The first-order valence-electron chi connectivity index (χ1n) is 9.35. The molecule has 2 amide bonds. The van der Waals surface area contributed by atoms with Crippen molar-refractivity contribution in [1.29, 1.82) is 0 Å². The van der Waals surface area contributed by atoms with Crippen LogP contribution >= 0.6 is 0 Å². The molecular formula is C22H28N2O4. The van der Waals surface area contributed by atoms with E-state index >= 15 is 0 Å². The van der Waals surface area contributed by atoms with Gasteiger partial charge in [-0.05, 0) is 49.6 Å². The normalized spacial score (nSPS) is 11.6. The third-order valence-corrected chi connectivity index (χ3v) is 4.28. The van der Waals surface area contributed by atoms with Crippen molar-refractivity contribution >= 4 is 17.5 Å². The lowest BCUT2D eigenvalue weighted by Gasteiger charge is -2.23. The molecule has 0 heterocycles. The van der Waals surface area contributed by atoms with Crippen molar-refractivity contribution in [2.45, 2.75) is 33.7 Å². The van der Waals surface area contributed by atoms with Gasteiger partial charge in [-0.3, -0.25) is 9.59 Å². The van der Waals surface area contributed by atoms with E-state index in [1.807, 2.05) is 39.8 Å². The summed E-state index contributed by atoms with van der Waals surface area (Å²) in [5.41, 5.74) is 1.96. The fraction of sp³-hybridized carbons (Fsp3) is 0.364. The van der Waals surface area contributed by atoms with Crippen molar-refractivity contribution in [2.24, 2.45) is 5.92 Å². The third-order valence-electron chi connectivity index (χ3n) is 4.28. The van der Waals surface area contributed by atoms with Gasteiger partial charge in [-0.2, -0.15) is 0 Å². The number of carbonyl (C=O) groups is 2. The molecule has 0 unspecified atom stereocenters. The van der Waals surface area contributed by atoms with Gasteiger partial charge in [-0.15, -0.1) is 0 Å². The van der Waals surface area contributed by atoms with Crippen molar-refractivity contribution in [1.82, 2.24) is 5.32 Å². The van der Waals surface area contributed by atoms with Crippen LogP contribution in [-0.2, 0) is 4.79 Å². The fourth-order valence-electron chi connectivity index (χ4n) is 2.82. The number of benzene rings is 2. The summed E-state index contributed by atoms with van der Waals surface area (Å²) >= 11 is 0. The molecule has 2 aromatic rings. The number of aryl methyl sites for hydroxylation is 1. The molecule has 0 aromatic heterocycles. The summed E-state index contributed by atoms with van der Waals surface area (Å²) in [5, 5.41) is 5.70. The fourth-order valence-corrected chi connectivity index (χ4v) is 2.82. The van der Waals surface area contributed by atoms with Crippen LogP contribution in [0.25, 0.3) is 0 Å². The van der Waals surface area contributed by atoms with Gasteiger partial charge in [0.05, 0.1) is 25.0 Å². The molecule has 150 valence electrons. The summed E-state index contributed by atoms with van der Waals surface area (Å²) in [6, 6.07) is 11.8. The number of ether oxygens (including phenoxy) is 2. The molecule has 0 fully saturated rings. The highest BCUT2D eigenvalue weighted by molar-refractivity contribution is 6.03. The summed E-state index contributed by atoms with van der Waals surface area (Å²) < 4.78 is 10.8. The Hall–Kier alpha value is -3.02.